The molecular weight excluding hydrogens is 418 g/mol. The maximum absolute atomic E-state index is 12.7. The molecule has 0 bridgehead atoms. The Morgan fingerprint density at radius 2 is 1.91 bits per heavy atom. The van der Waals surface area contributed by atoms with Gasteiger partial charge in [-0.2, -0.15) is 5.10 Å². The largest absolute Gasteiger partial charge is 0.378 e. The molecule has 0 unspecified atom stereocenters. The predicted molar refractivity (Wildman–Crippen MR) is 125 cm³/mol. The lowest BCUT2D eigenvalue weighted by Gasteiger charge is -2.28. The summed E-state index contributed by atoms with van der Waals surface area (Å²) in [6, 6.07) is 13.9. The first-order valence-electron chi connectivity index (χ1n) is 10.9. The van der Waals surface area contributed by atoms with Crippen molar-refractivity contribution in [2.45, 2.75) is 6.54 Å². The molecule has 1 saturated heterocycles. The van der Waals surface area contributed by atoms with E-state index in [2.05, 4.69) is 4.98 Å². The van der Waals surface area contributed by atoms with Crippen LogP contribution in [0.1, 0.15) is 11.1 Å². The normalized spacial score (nSPS) is 13.9. The van der Waals surface area contributed by atoms with Gasteiger partial charge in [0.15, 0.2) is 0 Å². The number of carbonyl (C=O) groups excluding carboxylic acids is 2. The number of rotatable bonds is 7. The van der Waals surface area contributed by atoms with E-state index in [1.54, 1.807) is 30.4 Å². The second kappa shape index (κ2) is 10.7. The van der Waals surface area contributed by atoms with Gasteiger partial charge >= 0.3 is 0 Å². The molecule has 1 aromatic carbocycles. The van der Waals surface area contributed by atoms with E-state index in [4.69, 9.17) is 9.84 Å². The van der Waals surface area contributed by atoms with Crippen molar-refractivity contribution in [3.05, 3.63) is 78.3 Å². The van der Waals surface area contributed by atoms with Crippen molar-refractivity contribution in [1.29, 1.82) is 0 Å². The fourth-order valence-corrected chi connectivity index (χ4v) is 3.62. The summed E-state index contributed by atoms with van der Waals surface area (Å²) < 4.78 is 7.13. The van der Waals surface area contributed by atoms with Crippen LogP contribution in [0.2, 0.25) is 0 Å². The van der Waals surface area contributed by atoms with Gasteiger partial charge in [0.2, 0.25) is 11.8 Å². The van der Waals surface area contributed by atoms with Crippen molar-refractivity contribution in [2.75, 3.05) is 39.9 Å². The highest BCUT2D eigenvalue weighted by Gasteiger charge is 2.19. The van der Waals surface area contributed by atoms with Gasteiger partial charge < -0.3 is 14.5 Å². The van der Waals surface area contributed by atoms with Gasteiger partial charge in [0, 0.05) is 55.9 Å². The highest BCUT2D eigenvalue weighted by atomic mass is 16.5. The standard InChI is InChI=1S/C25H27N5O3/c1-28(19-24(32)29-12-14-33-15-13-29)23(31)10-9-22-18-30(17-20-6-3-2-4-7-20)27-25(22)21-8-5-11-26-16-21/h2-11,16,18H,12-15,17,19H2,1H3. The van der Waals surface area contributed by atoms with Crippen LogP contribution in [0.5, 0.6) is 0 Å². The minimum absolute atomic E-state index is 0.0336. The molecule has 1 aliphatic heterocycles. The molecule has 4 rings (SSSR count). The van der Waals surface area contributed by atoms with Gasteiger partial charge in [-0.15, -0.1) is 0 Å². The van der Waals surface area contributed by atoms with Crippen molar-refractivity contribution in [3.63, 3.8) is 0 Å². The predicted octanol–water partition coefficient (Wildman–Crippen LogP) is 2.32. The molecule has 1 aliphatic rings. The fourth-order valence-electron chi connectivity index (χ4n) is 3.62. The summed E-state index contributed by atoms with van der Waals surface area (Å²) in [6.45, 7) is 2.84. The van der Waals surface area contributed by atoms with Gasteiger partial charge in [-0.25, -0.2) is 0 Å². The number of likely N-dealkylation sites (N-methyl/N-ethyl adjacent to an activating group) is 1. The molecule has 0 radical (unpaired) electrons. The van der Waals surface area contributed by atoms with Crippen LogP contribution in [-0.2, 0) is 20.9 Å². The molecule has 3 aromatic rings. The van der Waals surface area contributed by atoms with Crippen LogP contribution in [0.3, 0.4) is 0 Å². The van der Waals surface area contributed by atoms with Gasteiger partial charge in [0.25, 0.3) is 0 Å². The van der Waals surface area contributed by atoms with E-state index in [9.17, 15) is 9.59 Å². The summed E-state index contributed by atoms with van der Waals surface area (Å²) in [6.07, 6.45) is 8.61. The minimum atomic E-state index is -0.246. The van der Waals surface area contributed by atoms with Crippen molar-refractivity contribution in [3.8, 4) is 11.3 Å². The minimum Gasteiger partial charge on any atom is -0.378 e. The maximum atomic E-state index is 12.7. The summed E-state index contributed by atoms with van der Waals surface area (Å²) >= 11 is 0. The Balaban J connectivity index is 1.49. The molecule has 0 N–H and O–H groups in total. The Hall–Kier alpha value is -3.78. The number of carbonyl (C=O) groups is 2. The summed E-state index contributed by atoms with van der Waals surface area (Å²) in [7, 11) is 1.63. The van der Waals surface area contributed by atoms with Crippen LogP contribution < -0.4 is 0 Å². The molecule has 2 aromatic heterocycles. The van der Waals surface area contributed by atoms with Crippen LogP contribution in [0, 0.1) is 0 Å². The zero-order valence-corrected chi connectivity index (χ0v) is 18.6. The summed E-state index contributed by atoms with van der Waals surface area (Å²) in [4.78, 5) is 32.5. The Labute approximate surface area is 193 Å². The molecule has 33 heavy (non-hydrogen) atoms. The lowest BCUT2D eigenvalue weighted by atomic mass is 10.1. The van der Waals surface area contributed by atoms with Crippen LogP contribution in [0.25, 0.3) is 17.3 Å². The average Bonchev–Trinajstić information content (AvgIpc) is 3.26. The lowest BCUT2D eigenvalue weighted by molar-refractivity contribution is -0.140. The molecular formula is C25H27N5O3. The van der Waals surface area contributed by atoms with E-state index >= 15 is 0 Å². The SMILES string of the molecule is CN(CC(=O)N1CCOCC1)C(=O)C=Cc1cn(Cc2ccccc2)nc1-c1cccnc1. The Morgan fingerprint density at radius 3 is 2.64 bits per heavy atom. The van der Waals surface area contributed by atoms with Crippen LogP contribution in [0.4, 0.5) is 0 Å². The van der Waals surface area contributed by atoms with Gasteiger partial charge in [-0.3, -0.25) is 19.3 Å². The van der Waals surface area contributed by atoms with E-state index in [-0.39, 0.29) is 18.4 Å². The van der Waals surface area contributed by atoms with E-state index in [0.717, 1.165) is 22.4 Å². The molecule has 8 nitrogen and oxygen atoms in total. The molecule has 0 spiro atoms. The number of benzene rings is 1. The van der Waals surface area contributed by atoms with Gasteiger partial charge in [0.05, 0.1) is 26.3 Å². The third kappa shape index (κ3) is 5.93. The van der Waals surface area contributed by atoms with Gasteiger partial charge in [-0.05, 0) is 23.8 Å². The third-order valence-electron chi connectivity index (χ3n) is 5.43. The zero-order chi connectivity index (χ0) is 23.0. The van der Waals surface area contributed by atoms with Gasteiger partial charge in [0.1, 0.15) is 5.69 Å². The lowest BCUT2D eigenvalue weighted by Crippen LogP contribution is -2.45. The topological polar surface area (TPSA) is 80.6 Å². The number of ether oxygens (including phenoxy) is 1. The Morgan fingerprint density at radius 1 is 1.12 bits per heavy atom. The molecule has 1 fully saturated rings. The number of hydrogen-bond donors (Lipinski definition) is 0. The number of hydrogen-bond acceptors (Lipinski definition) is 5. The van der Waals surface area contributed by atoms with E-state index in [1.165, 1.54) is 11.0 Å². The summed E-state index contributed by atoms with van der Waals surface area (Å²) in [5.74, 6) is -0.321. The fraction of sp³-hybridized carbons (Fsp3) is 0.280. The van der Waals surface area contributed by atoms with Crippen molar-refractivity contribution in [2.24, 2.45) is 0 Å². The molecule has 0 aliphatic carbocycles. The second-order valence-electron chi connectivity index (χ2n) is 7.88. The van der Waals surface area contributed by atoms with Crippen molar-refractivity contribution < 1.29 is 14.3 Å². The van der Waals surface area contributed by atoms with Crippen molar-refractivity contribution >= 4 is 17.9 Å². The monoisotopic (exact) mass is 445 g/mol. The number of morpholine rings is 1. The smallest absolute Gasteiger partial charge is 0.246 e. The Kier molecular flexibility index (Phi) is 7.26. The summed E-state index contributed by atoms with van der Waals surface area (Å²) in [5.41, 5.74) is 3.55. The zero-order valence-electron chi connectivity index (χ0n) is 18.6. The van der Waals surface area contributed by atoms with E-state index in [0.29, 0.717) is 32.8 Å². The highest BCUT2D eigenvalue weighted by Crippen LogP contribution is 2.23. The molecule has 0 atom stereocenters. The molecule has 170 valence electrons. The molecule has 3 heterocycles. The first kappa shape index (κ1) is 22.4. The Bertz CT molecular complexity index is 1110. The second-order valence-corrected chi connectivity index (χ2v) is 7.88. The maximum Gasteiger partial charge on any atom is 0.246 e. The van der Waals surface area contributed by atoms with Crippen LogP contribution in [0.15, 0.2) is 67.1 Å². The summed E-state index contributed by atoms with van der Waals surface area (Å²) in [5, 5.41) is 4.74. The number of aromatic nitrogens is 3. The quantitative estimate of drug-likeness (QED) is 0.522. The first-order valence-corrected chi connectivity index (χ1v) is 10.9. The van der Waals surface area contributed by atoms with Crippen LogP contribution in [-0.4, -0.2) is 76.3 Å². The third-order valence-corrected chi connectivity index (χ3v) is 5.43. The number of pyridine rings is 1. The van der Waals surface area contributed by atoms with Crippen molar-refractivity contribution in [1.82, 2.24) is 24.6 Å². The van der Waals surface area contributed by atoms with Crippen LogP contribution >= 0.6 is 0 Å². The van der Waals surface area contributed by atoms with E-state index < -0.39 is 0 Å². The molecule has 0 saturated carbocycles. The van der Waals surface area contributed by atoms with Gasteiger partial charge in [-0.1, -0.05) is 30.3 Å². The molecule has 8 heteroatoms. The first-order chi connectivity index (χ1) is 16.1. The average molecular weight is 446 g/mol. The number of amides is 2. The number of nitrogens with zero attached hydrogens (tertiary/aromatic N) is 5. The highest BCUT2D eigenvalue weighted by molar-refractivity contribution is 5.95. The van der Waals surface area contributed by atoms with E-state index in [1.807, 2.05) is 53.3 Å². The molecule has 2 amide bonds.